The maximum Gasteiger partial charge on any atom is 0.305 e. The van der Waals surface area contributed by atoms with Gasteiger partial charge in [0.25, 0.3) is 0 Å². The van der Waals surface area contributed by atoms with Crippen molar-refractivity contribution in [3.05, 3.63) is 60.2 Å². The summed E-state index contributed by atoms with van der Waals surface area (Å²) in [7, 11) is 0. The topological polar surface area (TPSA) is 26.3 Å². The van der Waals surface area contributed by atoms with E-state index in [9.17, 15) is 4.79 Å². The normalized spacial score (nSPS) is 11.9. The Morgan fingerprint density at radius 3 is 2.20 bits per heavy atom. The van der Waals surface area contributed by atoms with Crippen molar-refractivity contribution >= 4 is 5.97 Å². The van der Waals surface area contributed by atoms with E-state index in [1.165, 1.54) is 16.7 Å². The second kappa shape index (κ2) is 6.90. The molecule has 0 radical (unpaired) electrons. The van der Waals surface area contributed by atoms with Gasteiger partial charge in [-0.05, 0) is 23.6 Å². The monoisotopic (exact) mass is 268 g/mol. The molecular formula is C18H20O2. The molecule has 0 spiro atoms. The first-order valence-corrected chi connectivity index (χ1v) is 7.03. The number of esters is 1. The molecule has 1 atom stereocenters. The highest BCUT2D eigenvalue weighted by Gasteiger charge is 2.08. The van der Waals surface area contributed by atoms with Crippen molar-refractivity contribution in [1.82, 2.24) is 0 Å². The predicted molar refractivity (Wildman–Crippen MR) is 81.4 cm³/mol. The van der Waals surface area contributed by atoms with Crippen LogP contribution in [-0.4, -0.2) is 12.1 Å². The number of ether oxygens (including phenoxy) is 1. The molecular weight excluding hydrogens is 248 g/mol. The Kier molecular flexibility index (Phi) is 4.94. The molecule has 2 nitrogen and oxygen atoms in total. The fourth-order valence-electron chi connectivity index (χ4n) is 2.15. The average Bonchev–Trinajstić information content (AvgIpc) is 2.48. The van der Waals surface area contributed by atoms with E-state index in [0.29, 0.717) is 6.42 Å². The zero-order valence-electron chi connectivity index (χ0n) is 12.0. The summed E-state index contributed by atoms with van der Waals surface area (Å²) >= 11 is 0. The molecule has 0 heterocycles. The van der Waals surface area contributed by atoms with E-state index in [1.807, 2.05) is 32.0 Å². The van der Waals surface area contributed by atoms with Crippen LogP contribution in [-0.2, 0) is 16.0 Å². The number of hydrogen-bond donors (Lipinski definition) is 0. The van der Waals surface area contributed by atoms with E-state index >= 15 is 0 Å². The van der Waals surface area contributed by atoms with Gasteiger partial charge in [-0.2, -0.15) is 0 Å². The Balaban J connectivity index is 2.00. The van der Waals surface area contributed by atoms with Crippen molar-refractivity contribution in [1.29, 1.82) is 0 Å². The van der Waals surface area contributed by atoms with Crippen LogP contribution in [0.15, 0.2) is 54.6 Å². The lowest BCUT2D eigenvalue weighted by molar-refractivity contribution is -0.147. The van der Waals surface area contributed by atoms with Crippen molar-refractivity contribution < 1.29 is 9.53 Å². The fraction of sp³-hybridized carbons (Fsp3) is 0.278. The molecule has 1 unspecified atom stereocenters. The van der Waals surface area contributed by atoms with Crippen LogP contribution in [0.2, 0.25) is 0 Å². The fourth-order valence-corrected chi connectivity index (χ4v) is 2.15. The van der Waals surface area contributed by atoms with Crippen LogP contribution < -0.4 is 0 Å². The maximum atomic E-state index is 11.2. The molecule has 2 aromatic carbocycles. The van der Waals surface area contributed by atoms with Crippen LogP contribution in [0.1, 0.15) is 25.8 Å². The standard InChI is InChI=1S/C18H20O2/c1-3-18(19)20-14(2)13-15-9-11-17(12-10-15)16-7-5-4-6-8-16/h4-12,14H,3,13H2,1-2H3. The van der Waals surface area contributed by atoms with Crippen molar-refractivity contribution in [3.8, 4) is 11.1 Å². The molecule has 0 aliphatic rings. The molecule has 20 heavy (non-hydrogen) atoms. The average molecular weight is 268 g/mol. The van der Waals surface area contributed by atoms with E-state index in [2.05, 4.69) is 36.4 Å². The SMILES string of the molecule is CCC(=O)OC(C)Cc1ccc(-c2ccccc2)cc1. The number of carbonyl (C=O) groups excluding carboxylic acids is 1. The molecule has 0 N–H and O–H groups in total. The van der Waals surface area contributed by atoms with Gasteiger partial charge in [0, 0.05) is 12.8 Å². The van der Waals surface area contributed by atoms with E-state index in [-0.39, 0.29) is 12.1 Å². The minimum absolute atomic E-state index is 0.0787. The first kappa shape index (κ1) is 14.3. The van der Waals surface area contributed by atoms with E-state index in [0.717, 1.165) is 6.42 Å². The Morgan fingerprint density at radius 2 is 1.60 bits per heavy atom. The second-order valence-electron chi connectivity index (χ2n) is 4.92. The Hall–Kier alpha value is -2.09. The van der Waals surface area contributed by atoms with Crippen LogP contribution in [0, 0.1) is 0 Å². The van der Waals surface area contributed by atoms with Crippen LogP contribution in [0.5, 0.6) is 0 Å². The minimum Gasteiger partial charge on any atom is -0.462 e. The zero-order valence-corrected chi connectivity index (χ0v) is 12.0. The summed E-state index contributed by atoms with van der Waals surface area (Å²) < 4.78 is 5.28. The highest BCUT2D eigenvalue weighted by atomic mass is 16.5. The van der Waals surface area contributed by atoms with E-state index < -0.39 is 0 Å². The number of hydrogen-bond acceptors (Lipinski definition) is 2. The summed E-state index contributed by atoms with van der Waals surface area (Å²) in [6.45, 7) is 3.74. The number of benzene rings is 2. The van der Waals surface area contributed by atoms with Gasteiger partial charge in [0.05, 0.1) is 0 Å². The third-order valence-corrected chi connectivity index (χ3v) is 3.21. The third kappa shape index (κ3) is 3.95. The molecule has 2 rings (SSSR count). The first-order chi connectivity index (χ1) is 9.69. The predicted octanol–water partition coefficient (Wildman–Crippen LogP) is 4.24. The van der Waals surface area contributed by atoms with Crippen molar-refractivity contribution in [3.63, 3.8) is 0 Å². The Bertz CT molecular complexity index is 543. The largest absolute Gasteiger partial charge is 0.462 e. The molecule has 0 aromatic heterocycles. The summed E-state index contributed by atoms with van der Waals surface area (Å²) in [6, 6.07) is 18.7. The van der Waals surface area contributed by atoms with Gasteiger partial charge in [-0.1, -0.05) is 61.5 Å². The molecule has 0 fully saturated rings. The third-order valence-electron chi connectivity index (χ3n) is 3.21. The minimum atomic E-state index is -0.140. The van der Waals surface area contributed by atoms with Gasteiger partial charge in [-0.15, -0.1) is 0 Å². The van der Waals surface area contributed by atoms with Gasteiger partial charge in [-0.3, -0.25) is 4.79 Å². The van der Waals surface area contributed by atoms with Gasteiger partial charge in [-0.25, -0.2) is 0 Å². The summed E-state index contributed by atoms with van der Waals surface area (Å²) in [5.41, 5.74) is 3.60. The summed E-state index contributed by atoms with van der Waals surface area (Å²) in [4.78, 5) is 11.2. The maximum absolute atomic E-state index is 11.2. The van der Waals surface area contributed by atoms with E-state index in [4.69, 9.17) is 4.74 Å². The summed E-state index contributed by atoms with van der Waals surface area (Å²) in [6.07, 6.45) is 1.10. The molecule has 0 aliphatic heterocycles. The molecule has 0 aliphatic carbocycles. The molecule has 0 saturated heterocycles. The Morgan fingerprint density at radius 1 is 1.00 bits per heavy atom. The lowest BCUT2D eigenvalue weighted by atomic mass is 10.0. The Labute approximate surface area is 120 Å². The summed E-state index contributed by atoms with van der Waals surface area (Å²) in [5.74, 6) is -0.140. The van der Waals surface area contributed by atoms with Crippen LogP contribution >= 0.6 is 0 Å². The quantitative estimate of drug-likeness (QED) is 0.758. The second-order valence-corrected chi connectivity index (χ2v) is 4.92. The van der Waals surface area contributed by atoms with Crippen molar-refractivity contribution in [2.45, 2.75) is 32.8 Å². The van der Waals surface area contributed by atoms with Crippen molar-refractivity contribution in [2.24, 2.45) is 0 Å². The molecule has 2 heteroatoms. The molecule has 0 amide bonds. The molecule has 2 aromatic rings. The first-order valence-electron chi connectivity index (χ1n) is 7.03. The van der Waals surface area contributed by atoms with Crippen LogP contribution in [0.4, 0.5) is 0 Å². The smallest absolute Gasteiger partial charge is 0.305 e. The highest BCUT2D eigenvalue weighted by molar-refractivity contribution is 5.69. The van der Waals surface area contributed by atoms with Gasteiger partial charge in [0.15, 0.2) is 0 Å². The number of rotatable bonds is 5. The summed E-state index contributed by atoms with van der Waals surface area (Å²) in [5, 5.41) is 0. The molecule has 0 saturated carbocycles. The lowest BCUT2D eigenvalue weighted by Gasteiger charge is -2.13. The zero-order chi connectivity index (χ0) is 14.4. The van der Waals surface area contributed by atoms with Gasteiger partial charge < -0.3 is 4.74 Å². The number of carbonyl (C=O) groups is 1. The highest BCUT2D eigenvalue weighted by Crippen LogP contribution is 2.20. The van der Waals surface area contributed by atoms with Gasteiger partial charge in [0.1, 0.15) is 6.10 Å². The lowest BCUT2D eigenvalue weighted by Crippen LogP contribution is -2.16. The van der Waals surface area contributed by atoms with Crippen LogP contribution in [0.3, 0.4) is 0 Å². The molecule has 0 bridgehead atoms. The van der Waals surface area contributed by atoms with Gasteiger partial charge in [0.2, 0.25) is 0 Å². The van der Waals surface area contributed by atoms with E-state index in [1.54, 1.807) is 0 Å². The van der Waals surface area contributed by atoms with Crippen molar-refractivity contribution in [2.75, 3.05) is 0 Å². The van der Waals surface area contributed by atoms with Crippen LogP contribution in [0.25, 0.3) is 11.1 Å². The van der Waals surface area contributed by atoms with Gasteiger partial charge >= 0.3 is 5.97 Å². The molecule has 104 valence electrons.